The maximum atomic E-state index is 5.21. The summed E-state index contributed by atoms with van der Waals surface area (Å²) in [7, 11) is 3.20. The first kappa shape index (κ1) is 13.4. The quantitative estimate of drug-likeness (QED) is 0.498. The second-order valence-electron chi connectivity index (χ2n) is 2.94. The van der Waals surface area contributed by atoms with Crippen molar-refractivity contribution in [1.82, 2.24) is 0 Å². The van der Waals surface area contributed by atoms with Crippen molar-refractivity contribution in [2.45, 2.75) is 13.8 Å². The second kappa shape index (κ2) is 8.94. The van der Waals surface area contributed by atoms with Crippen molar-refractivity contribution in [2.24, 2.45) is 0 Å². The summed E-state index contributed by atoms with van der Waals surface area (Å²) >= 11 is 0. The highest BCUT2D eigenvalue weighted by Crippen LogP contribution is 2.00. The lowest BCUT2D eigenvalue weighted by molar-refractivity contribution is 0.337. The molecule has 0 unspecified atom stereocenters. The van der Waals surface area contributed by atoms with Crippen molar-refractivity contribution in [3.8, 4) is 0 Å². The zero-order valence-corrected chi connectivity index (χ0v) is 9.69. The largest absolute Gasteiger partial charge is 0.504 e. The molecule has 0 aliphatic rings. The van der Waals surface area contributed by atoms with E-state index in [1.807, 2.05) is 26.0 Å². The Labute approximate surface area is 91.3 Å². The molecule has 0 aliphatic heterocycles. The van der Waals surface area contributed by atoms with Crippen LogP contribution in [-0.2, 0) is 14.2 Å². The lowest BCUT2D eigenvalue weighted by Gasteiger charge is -1.95. The van der Waals surface area contributed by atoms with Crippen molar-refractivity contribution >= 4 is 0 Å². The molecule has 0 saturated carbocycles. The van der Waals surface area contributed by atoms with Gasteiger partial charge in [0.15, 0.2) is 0 Å². The summed E-state index contributed by atoms with van der Waals surface area (Å²) in [6.45, 7) is 3.84. The fourth-order valence-electron chi connectivity index (χ4n) is 0.678. The van der Waals surface area contributed by atoms with Crippen LogP contribution in [0.3, 0.4) is 0 Å². The molecule has 0 rings (SSSR count). The van der Waals surface area contributed by atoms with Crippen molar-refractivity contribution in [3.63, 3.8) is 0 Å². The van der Waals surface area contributed by atoms with Crippen LogP contribution >= 0.6 is 0 Å². The van der Waals surface area contributed by atoms with Crippen molar-refractivity contribution < 1.29 is 14.2 Å². The Hall–Kier alpha value is -1.64. The molecule has 0 fully saturated rings. The summed E-state index contributed by atoms with van der Waals surface area (Å²) in [4.78, 5) is 0. The third-order valence-corrected chi connectivity index (χ3v) is 1.44. The molecule has 15 heavy (non-hydrogen) atoms. The van der Waals surface area contributed by atoms with Gasteiger partial charge in [-0.2, -0.15) is 0 Å². The monoisotopic (exact) mass is 210 g/mol. The van der Waals surface area contributed by atoms with Crippen LogP contribution in [0.5, 0.6) is 0 Å². The molecule has 0 N–H and O–H groups in total. The number of hydrogen-bond acceptors (Lipinski definition) is 3. The average molecular weight is 210 g/mol. The number of ether oxygens (including phenoxy) is 3. The maximum Gasteiger partial charge on any atom is 0.0931 e. The minimum Gasteiger partial charge on any atom is -0.504 e. The van der Waals surface area contributed by atoms with Crippen molar-refractivity contribution in [1.29, 1.82) is 0 Å². The zero-order valence-electron chi connectivity index (χ0n) is 9.69. The molecule has 0 atom stereocenters. The van der Waals surface area contributed by atoms with Gasteiger partial charge in [0.25, 0.3) is 0 Å². The molecule has 0 aromatic rings. The van der Waals surface area contributed by atoms with E-state index in [4.69, 9.17) is 14.2 Å². The molecule has 0 aromatic heterocycles. The predicted molar refractivity (Wildman–Crippen MR) is 60.9 cm³/mol. The number of rotatable bonds is 6. The van der Waals surface area contributed by atoms with Crippen LogP contribution in [-0.4, -0.2) is 14.2 Å². The minimum atomic E-state index is 0.969. The molecule has 0 spiro atoms. The van der Waals surface area contributed by atoms with Crippen molar-refractivity contribution in [2.75, 3.05) is 14.2 Å². The normalized spacial score (nSPS) is 13.6. The SMILES string of the molecule is CO/C=C/C(C)=C\O/C=C(C)\C=C\OC. The Morgan fingerprint density at radius 1 is 0.800 bits per heavy atom. The predicted octanol–water partition coefficient (Wildman–Crippen LogP) is 3.13. The molecule has 0 bridgehead atoms. The number of allylic oxidation sites excluding steroid dienone is 4. The first-order valence-corrected chi connectivity index (χ1v) is 4.58. The van der Waals surface area contributed by atoms with E-state index >= 15 is 0 Å². The molecule has 3 nitrogen and oxygen atoms in total. The molecule has 0 aliphatic carbocycles. The number of methoxy groups -OCH3 is 2. The summed E-state index contributed by atoms with van der Waals surface area (Å²) in [6, 6.07) is 0. The Kier molecular flexibility index (Phi) is 7.96. The maximum absolute atomic E-state index is 5.21. The topological polar surface area (TPSA) is 27.7 Å². The van der Waals surface area contributed by atoms with E-state index in [0.29, 0.717) is 0 Å². The molecule has 0 amide bonds. The Morgan fingerprint density at radius 2 is 1.20 bits per heavy atom. The molecule has 0 saturated heterocycles. The molecule has 84 valence electrons. The molecule has 3 heteroatoms. The highest BCUT2D eigenvalue weighted by Gasteiger charge is 1.83. The lowest BCUT2D eigenvalue weighted by atomic mass is 10.3. The van der Waals surface area contributed by atoms with Gasteiger partial charge < -0.3 is 14.2 Å². The van der Waals surface area contributed by atoms with E-state index in [1.54, 1.807) is 39.3 Å². The van der Waals surface area contributed by atoms with Gasteiger partial charge in [-0.05, 0) is 37.1 Å². The Morgan fingerprint density at radius 3 is 1.53 bits per heavy atom. The van der Waals surface area contributed by atoms with Crippen LogP contribution in [0.25, 0.3) is 0 Å². The van der Waals surface area contributed by atoms with Gasteiger partial charge >= 0.3 is 0 Å². The van der Waals surface area contributed by atoms with Crippen LogP contribution in [0.1, 0.15) is 13.8 Å². The van der Waals surface area contributed by atoms with Crippen LogP contribution in [0.2, 0.25) is 0 Å². The zero-order chi connectivity index (χ0) is 11.5. The summed E-state index contributed by atoms with van der Waals surface area (Å²) in [5.74, 6) is 0. The molecular weight excluding hydrogens is 192 g/mol. The van der Waals surface area contributed by atoms with Gasteiger partial charge in [-0.25, -0.2) is 0 Å². The fourth-order valence-corrected chi connectivity index (χ4v) is 0.678. The van der Waals surface area contributed by atoms with Crippen LogP contribution in [0, 0.1) is 0 Å². The molecule has 0 heterocycles. The van der Waals surface area contributed by atoms with Gasteiger partial charge in [0.1, 0.15) is 0 Å². The summed E-state index contributed by atoms with van der Waals surface area (Å²) in [5, 5.41) is 0. The highest BCUT2D eigenvalue weighted by molar-refractivity contribution is 5.14. The first-order chi connectivity index (χ1) is 7.20. The molecule has 0 aromatic carbocycles. The molecule has 0 radical (unpaired) electrons. The Balaban J connectivity index is 4.04. The standard InChI is InChI=1S/C12H18O3/c1-11(5-7-13-3)9-15-10-12(2)6-8-14-4/h5-10H,1-4H3/b7-5+,8-6+,11-9-,12-10-. The van der Waals surface area contributed by atoms with E-state index in [0.717, 1.165) is 11.1 Å². The van der Waals surface area contributed by atoms with E-state index in [-0.39, 0.29) is 0 Å². The fraction of sp³-hybridized carbons (Fsp3) is 0.333. The Bertz CT molecular complexity index is 245. The van der Waals surface area contributed by atoms with Gasteiger partial charge in [0.2, 0.25) is 0 Å². The van der Waals surface area contributed by atoms with Crippen LogP contribution in [0.4, 0.5) is 0 Å². The van der Waals surface area contributed by atoms with Gasteiger partial charge in [0.05, 0.1) is 39.3 Å². The van der Waals surface area contributed by atoms with Gasteiger partial charge in [-0.1, -0.05) is 0 Å². The molecular formula is C12H18O3. The van der Waals surface area contributed by atoms with Crippen LogP contribution in [0.15, 0.2) is 48.3 Å². The van der Waals surface area contributed by atoms with Crippen molar-refractivity contribution in [3.05, 3.63) is 48.3 Å². The average Bonchev–Trinajstić information content (AvgIpc) is 2.23. The van der Waals surface area contributed by atoms with E-state index in [1.165, 1.54) is 0 Å². The minimum absolute atomic E-state index is 0.969. The second-order valence-corrected chi connectivity index (χ2v) is 2.94. The highest BCUT2D eigenvalue weighted by atomic mass is 16.5. The summed E-state index contributed by atoms with van der Waals surface area (Å²) in [5.41, 5.74) is 1.94. The van der Waals surface area contributed by atoms with Gasteiger partial charge in [0, 0.05) is 0 Å². The summed E-state index contributed by atoms with van der Waals surface area (Å²) in [6.07, 6.45) is 10.1. The third-order valence-electron chi connectivity index (χ3n) is 1.44. The van der Waals surface area contributed by atoms with E-state index in [2.05, 4.69) is 0 Å². The van der Waals surface area contributed by atoms with Crippen LogP contribution < -0.4 is 0 Å². The van der Waals surface area contributed by atoms with Gasteiger partial charge in [-0.3, -0.25) is 0 Å². The summed E-state index contributed by atoms with van der Waals surface area (Å²) < 4.78 is 14.8. The lowest BCUT2D eigenvalue weighted by Crippen LogP contribution is -1.76. The third kappa shape index (κ3) is 8.68. The smallest absolute Gasteiger partial charge is 0.0931 e. The number of hydrogen-bond donors (Lipinski definition) is 0. The van der Waals surface area contributed by atoms with E-state index < -0.39 is 0 Å². The van der Waals surface area contributed by atoms with Gasteiger partial charge in [-0.15, -0.1) is 0 Å². The first-order valence-electron chi connectivity index (χ1n) is 4.58. The van der Waals surface area contributed by atoms with E-state index in [9.17, 15) is 0 Å².